The molecule has 0 saturated carbocycles. The van der Waals surface area contributed by atoms with Gasteiger partial charge in [-0.2, -0.15) is 0 Å². The second-order valence-electron chi connectivity index (χ2n) is 4.01. The summed E-state index contributed by atoms with van der Waals surface area (Å²) in [6.45, 7) is 0.537. The summed E-state index contributed by atoms with van der Waals surface area (Å²) < 4.78 is 6.13. The van der Waals surface area contributed by atoms with Crippen LogP contribution in [-0.2, 0) is 17.8 Å². The summed E-state index contributed by atoms with van der Waals surface area (Å²) >= 11 is 4.97. The molecule has 0 bridgehead atoms. The molecule has 0 spiro atoms. The van der Waals surface area contributed by atoms with Crippen LogP contribution in [0.25, 0.3) is 0 Å². The minimum atomic E-state index is 0.0326. The van der Waals surface area contributed by atoms with Crippen LogP contribution in [0.5, 0.6) is 5.75 Å². The fourth-order valence-corrected chi connectivity index (χ4v) is 3.09. The number of methoxy groups -OCH3 is 1. The first-order valence-electron chi connectivity index (χ1n) is 5.81. The van der Waals surface area contributed by atoms with Crippen molar-refractivity contribution in [3.05, 3.63) is 50.6 Å². The Hall–Kier alpha value is -1.33. The zero-order valence-corrected chi connectivity index (χ0v) is 12.9. The van der Waals surface area contributed by atoms with Crippen molar-refractivity contribution < 1.29 is 9.53 Å². The molecule has 0 radical (unpaired) electrons. The Bertz CT molecular complexity index is 551. The molecule has 0 unspecified atom stereocenters. The van der Waals surface area contributed by atoms with Crippen molar-refractivity contribution >= 4 is 33.2 Å². The molecule has 100 valence electrons. The maximum absolute atomic E-state index is 11.8. The molecule has 0 aliphatic rings. The molecule has 0 atom stereocenters. The maximum Gasteiger partial charge on any atom is 0.225 e. The van der Waals surface area contributed by atoms with Gasteiger partial charge in [0.25, 0.3) is 0 Å². The van der Waals surface area contributed by atoms with E-state index >= 15 is 0 Å². The standard InChI is InChI=1S/C14H14BrNO2S/c1-18-11-4-2-10(3-5-11)9-16-14(17)8-12-6-7-13(15)19-12/h2-7H,8-9H2,1H3,(H,16,17). The predicted molar refractivity (Wildman–Crippen MR) is 80.6 cm³/mol. The van der Waals surface area contributed by atoms with E-state index in [1.807, 2.05) is 36.4 Å². The summed E-state index contributed by atoms with van der Waals surface area (Å²) in [5, 5.41) is 2.91. The lowest BCUT2D eigenvalue weighted by molar-refractivity contribution is -0.120. The minimum absolute atomic E-state index is 0.0326. The van der Waals surface area contributed by atoms with E-state index in [0.29, 0.717) is 13.0 Å². The first-order chi connectivity index (χ1) is 9.17. The Labute approximate surface area is 124 Å². The smallest absolute Gasteiger partial charge is 0.225 e. The molecule has 1 aromatic carbocycles. The molecule has 5 heteroatoms. The van der Waals surface area contributed by atoms with Crippen molar-refractivity contribution in [1.29, 1.82) is 0 Å². The fraction of sp³-hybridized carbons (Fsp3) is 0.214. The number of thiophene rings is 1. The van der Waals surface area contributed by atoms with E-state index in [0.717, 1.165) is 20.0 Å². The molecule has 0 aliphatic carbocycles. The normalized spacial score (nSPS) is 10.2. The highest BCUT2D eigenvalue weighted by Gasteiger charge is 2.05. The van der Waals surface area contributed by atoms with E-state index in [1.165, 1.54) is 0 Å². The molecule has 2 aromatic rings. The summed E-state index contributed by atoms with van der Waals surface area (Å²) in [5.74, 6) is 0.851. The third-order valence-electron chi connectivity index (χ3n) is 2.61. The predicted octanol–water partition coefficient (Wildman–Crippen LogP) is 3.38. The molecule has 0 saturated heterocycles. The number of amides is 1. The maximum atomic E-state index is 11.8. The molecular weight excluding hydrogens is 326 g/mol. The van der Waals surface area contributed by atoms with Gasteiger partial charge in [0.05, 0.1) is 17.3 Å². The van der Waals surface area contributed by atoms with E-state index in [-0.39, 0.29) is 5.91 Å². The van der Waals surface area contributed by atoms with Gasteiger partial charge in [0.1, 0.15) is 5.75 Å². The third-order valence-corrected chi connectivity index (χ3v) is 4.24. The molecule has 1 aromatic heterocycles. The highest BCUT2D eigenvalue weighted by atomic mass is 79.9. The molecule has 1 N–H and O–H groups in total. The van der Waals surface area contributed by atoms with Gasteiger partial charge in [0.15, 0.2) is 0 Å². The molecule has 19 heavy (non-hydrogen) atoms. The average Bonchev–Trinajstić information content (AvgIpc) is 2.82. The second-order valence-corrected chi connectivity index (χ2v) is 6.55. The van der Waals surface area contributed by atoms with Crippen LogP contribution in [0.1, 0.15) is 10.4 Å². The third kappa shape index (κ3) is 4.36. The highest BCUT2D eigenvalue weighted by molar-refractivity contribution is 9.11. The van der Waals surface area contributed by atoms with Gasteiger partial charge in [0.2, 0.25) is 5.91 Å². The van der Waals surface area contributed by atoms with E-state index in [4.69, 9.17) is 4.74 Å². The number of carbonyl (C=O) groups is 1. The van der Waals surface area contributed by atoms with Gasteiger partial charge in [-0.15, -0.1) is 11.3 Å². The van der Waals surface area contributed by atoms with Gasteiger partial charge >= 0.3 is 0 Å². The number of nitrogens with one attached hydrogen (secondary N) is 1. The molecule has 2 rings (SSSR count). The largest absolute Gasteiger partial charge is 0.497 e. The van der Waals surface area contributed by atoms with Gasteiger partial charge in [-0.05, 0) is 45.8 Å². The van der Waals surface area contributed by atoms with Gasteiger partial charge < -0.3 is 10.1 Å². The number of carbonyl (C=O) groups excluding carboxylic acids is 1. The lowest BCUT2D eigenvalue weighted by Gasteiger charge is -2.05. The van der Waals surface area contributed by atoms with Gasteiger partial charge in [-0.1, -0.05) is 12.1 Å². The van der Waals surface area contributed by atoms with Crippen LogP contribution < -0.4 is 10.1 Å². The average molecular weight is 340 g/mol. The van der Waals surface area contributed by atoms with Crippen molar-refractivity contribution in [2.24, 2.45) is 0 Å². The number of halogens is 1. The van der Waals surface area contributed by atoms with E-state index in [1.54, 1.807) is 18.4 Å². The van der Waals surface area contributed by atoms with Gasteiger partial charge in [-0.25, -0.2) is 0 Å². The first kappa shape index (κ1) is 14.1. The van der Waals surface area contributed by atoms with Gasteiger partial charge in [0, 0.05) is 11.4 Å². The monoisotopic (exact) mass is 339 g/mol. The van der Waals surface area contributed by atoms with E-state index in [2.05, 4.69) is 21.2 Å². The summed E-state index contributed by atoms with van der Waals surface area (Å²) in [6, 6.07) is 11.6. The zero-order valence-electron chi connectivity index (χ0n) is 10.5. The van der Waals surface area contributed by atoms with Crippen LogP contribution in [-0.4, -0.2) is 13.0 Å². The van der Waals surface area contributed by atoms with Crippen molar-refractivity contribution in [1.82, 2.24) is 5.32 Å². The van der Waals surface area contributed by atoms with Crippen molar-refractivity contribution in [3.8, 4) is 5.75 Å². The number of hydrogen-bond donors (Lipinski definition) is 1. The molecule has 1 amide bonds. The van der Waals surface area contributed by atoms with Crippen molar-refractivity contribution in [2.45, 2.75) is 13.0 Å². The van der Waals surface area contributed by atoms with Crippen LogP contribution in [0, 0.1) is 0 Å². The number of rotatable bonds is 5. The van der Waals surface area contributed by atoms with E-state index in [9.17, 15) is 4.79 Å². The molecule has 1 heterocycles. The second kappa shape index (κ2) is 6.73. The molecular formula is C14H14BrNO2S. The molecule has 0 aliphatic heterocycles. The van der Waals surface area contributed by atoms with Crippen LogP contribution in [0.15, 0.2) is 40.2 Å². The first-order valence-corrected chi connectivity index (χ1v) is 7.42. The van der Waals surface area contributed by atoms with Crippen LogP contribution in [0.3, 0.4) is 0 Å². The Morgan fingerprint density at radius 3 is 2.58 bits per heavy atom. The van der Waals surface area contributed by atoms with Crippen LogP contribution in [0.2, 0.25) is 0 Å². The Balaban J connectivity index is 1.82. The van der Waals surface area contributed by atoms with E-state index < -0.39 is 0 Å². The Morgan fingerprint density at radius 1 is 1.26 bits per heavy atom. The quantitative estimate of drug-likeness (QED) is 0.906. The lowest BCUT2D eigenvalue weighted by Crippen LogP contribution is -2.24. The highest BCUT2D eigenvalue weighted by Crippen LogP contribution is 2.22. The topological polar surface area (TPSA) is 38.3 Å². The fourth-order valence-electron chi connectivity index (χ4n) is 1.61. The number of benzene rings is 1. The summed E-state index contributed by atoms with van der Waals surface area (Å²) in [5.41, 5.74) is 1.06. The molecule has 3 nitrogen and oxygen atoms in total. The number of hydrogen-bond acceptors (Lipinski definition) is 3. The summed E-state index contributed by atoms with van der Waals surface area (Å²) in [4.78, 5) is 12.8. The number of ether oxygens (including phenoxy) is 1. The van der Waals surface area contributed by atoms with Gasteiger partial charge in [-0.3, -0.25) is 4.79 Å². The van der Waals surface area contributed by atoms with Crippen molar-refractivity contribution in [3.63, 3.8) is 0 Å². The van der Waals surface area contributed by atoms with Crippen molar-refractivity contribution in [2.75, 3.05) is 7.11 Å². The summed E-state index contributed by atoms with van der Waals surface area (Å²) in [7, 11) is 1.63. The lowest BCUT2D eigenvalue weighted by atomic mass is 10.2. The Kier molecular flexibility index (Phi) is 4.99. The van der Waals surface area contributed by atoms with Crippen LogP contribution in [0.4, 0.5) is 0 Å². The minimum Gasteiger partial charge on any atom is -0.497 e. The summed E-state index contributed by atoms with van der Waals surface area (Å²) in [6.07, 6.45) is 0.423. The molecule has 0 fully saturated rings. The van der Waals surface area contributed by atoms with Crippen LogP contribution >= 0.6 is 27.3 Å². The Morgan fingerprint density at radius 2 is 2.00 bits per heavy atom. The SMILES string of the molecule is COc1ccc(CNC(=O)Cc2ccc(Br)s2)cc1. The zero-order chi connectivity index (χ0) is 13.7.